The molecule has 0 aliphatic heterocycles. The molecule has 5 nitrogen and oxygen atoms in total. The number of aromatic nitrogens is 3. The van der Waals surface area contributed by atoms with Crippen LogP contribution in [0.2, 0.25) is 0 Å². The molecule has 0 fully saturated rings. The summed E-state index contributed by atoms with van der Waals surface area (Å²) in [6, 6.07) is 17.2. The van der Waals surface area contributed by atoms with Crippen LogP contribution >= 0.6 is 11.3 Å². The lowest BCUT2D eigenvalue weighted by Crippen LogP contribution is -2.23. The Kier molecular flexibility index (Phi) is 4.57. The summed E-state index contributed by atoms with van der Waals surface area (Å²) in [5.41, 5.74) is 3.39. The summed E-state index contributed by atoms with van der Waals surface area (Å²) in [7, 11) is 0. The number of nitrogens with zero attached hydrogens (tertiary/aromatic N) is 3. The first kappa shape index (κ1) is 16.2. The van der Waals surface area contributed by atoms with Crippen molar-refractivity contribution in [3.8, 4) is 16.3 Å². The summed E-state index contributed by atoms with van der Waals surface area (Å²) in [6.07, 6.45) is 5.33. The Labute approximate surface area is 155 Å². The van der Waals surface area contributed by atoms with Crippen molar-refractivity contribution in [2.75, 3.05) is 0 Å². The topological polar surface area (TPSA) is 59.8 Å². The van der Waals surface area contributed by atoms with Gasteiger partial charge in [0.25, 0.3) is 5.91 Å². The molecule has 6 heteroatoms. The summed E-state index contributed by atoms with van der Waals surface area (Å²) in [6.45, 7) is 0.450. The summed E-state index contributed by atoms with van der Waals surface area (Å²) >= 11 is 1.65. The van der Waals surface area contributed by atoms with Crippen molar-refractivity contribution in [2.24, 2.45) is 0 Å². The third-order valence-corrected chi connectivity index (χ3v) is 4.82. The second-order valence-electron chi connectivity index (χ2n) is 5.71. The van der Waals surface area contributed by atoms with Crippen LogP contribution in [-0.4, -0.2) is 20.7 Å². The summed E-state index contributed by atoms with van der Waals surface area (Å²) in [4.78, 5) is 18.0. The first-order valence-electron chi connectivity index (χ1n) is 8.17. The molecule has 0 aliphatic carbocycles. The van der Waals surface area contributed by atoms with Gasteiger partial charge in [-0.15, -0.1) is 11.3 Å². The third-order valence-electron chi connectivity index (χ3n) is 3.93. The van der Waals surface area contributed by atoms with Crippen molar-refractivity contribution in [3.05, 3.63) is 89.7 Å². The molecule has 26 heavy (non-hydrogen) atoms. The average Bonchev–Trinajstić information content (AvgIpc) is 3.40. The molecule has 1 aromatic carbocycles. The van der Waals surface area contributed by atoms with Gasteiger partial charge in [-0.3, -0.25) is 9.78 Å². The highest BCUT2D eigenvalue weighted by Crippen LogP contribution is 2.23. The zero-order chi connectivity index (χ0) is 17.8. The Morgan fingerprint density at radius 1 is 1.08 bits per heavy atom. The van der Waals surface area contributed by atoms with E-state index in [-0.39, 0.29) is 5.91 Å². The molecule has 1 N–H and O–H groups in total. The number of nitrogens with one attached hydrogen (secondary N) is 1. The van der Waals surface area contributed by atoms with E-state index in [1.165, 1.54) is 0 Å². The molecule has 0 spiro atoms. The van der Waals surface area contributed by atoms with Gasteiger partial charge in [-0.05, 0) is 53.4 Å². The quantitative estimate of drug-likeness (QED) is 0.587. The van der Waals surface area contributed by atoms with Crippen molar-refractivity contribution in [3.63, 3.8) is 0 Å². The first-order chi connectivity index (χ1) is 12.8. The van der Waals surface area contributed by atoms with Crippen LogP contribution in [0.15, 0.2) is 78.6 Å². The molecular formula is C20H16N4OS. The van der Waals surface area contributed by atoms with Crippen LogP contribution in [0.4, 0.5) is 0 Å². The van der Waals surface area contributed by atoms with Crippen LogP contribution in [-0.2, 0) is 6.54 Å². The van der Waals surface area contributed by atoms with Gasteiger partial charge in [0.15, 0.2) is 0 Å². The second kappa shape index (κ2) is 7.33. The lowest BCUT2D eigenvalue weighted by Gasteiger charge is -2.08. The smallest absolute Gasteiger partial charge is 0.251 e. The van der Waals surface area contributed by atoms with Gasteiger partial charge >= 0.3 is 0 Å². The van der Waals surface area contributed by atoms with Gasteiger partial charge in [-0.2, -0.15) is 5.10 Å². The first-order valence-corrected chi connectivity index (χ1v) is 9.05. The van der Waals surface area contributed by atoms with E-state index in [9.17, 15) is 4.79 Å². The summed E-state index contributed by atoms with van der Waals surface area (Å²) in [5.74, 6) is -0.117. The molecule has 0 unspecified atom stereocenters. The Bertz CT molecular complexity index is 1010. The number of pyridine rings is 1. The van der Waals surface area contributed by atoms with Crippen LogP contribution in [0.25, 0.3) is 16.3 Å². The normalized spacial score (nSPS) is 10.6. The van der Waals surface area contributed by atoms with Crippen LogP contribution in [0.1, 0.15) is 15.9 Å². The third kappa shape index (κ3) is 3.55. The van der Waals surface area contributed by atoms with Gasteiger partial charge in [0.1, 0.15) is 0 Å². The number of carbonyl (C=O) groups excluding carboxylic acids is 1. The number of amides is 1. The van der Waals surface area contributed by atoms with Crippen LogP contribution in [0.5, 0.6) is 0 Å². The molecule has 0 saturated heterocycles. The Hall–Kier alpha value is -3.25. The number of hydrogen-bond acceptors (Lipinski definition) is 4. The van der Waals surface area contributed by atoms with E-state index in [1.807, 2.05) is 60.1 Å². The highest BCUT2D eigenvalue weighted by molar-refractivity contribution is 7.13. The largest absolute Gasteiger partial charge is 0.348 e. The Morgan fingerprint density at radius 3 is 2.85 bits per heavy atom. The zero-order valence-corrected chi connectivity index (χ0v) is 14.7. The minimum absolute atomic E-state index is 0.117. The molecule has 4 rings (SSSR count). The average molecular weight is 360 g/mol. The van der Waals surface area contributed by atoms with Crippen molar-refractivity contribution in [1.82, 2.24) is 20.1 Å². The van der Waals surface area contributed by atoms with Gasteiger partial charge in [-0.25, -0.2) is 4.68 Å². The summed E-state index contributed by atoms with van der Waals surface area (Å²) < 4.78 is 1.73. The maximum atomic E-state index is 12.5. The van der Waals surface area contributed by atoms with Crippen LogP contribution in [0.3, 0.4) is 0 Å². The highest BCUT2D eigenvalue weighted by atomic mass is 32.1. The fourth-order valence-electron chi connectivity index (χ4n) is 2.64. The van der Waals surface area contributed by atoms with Gasteiger partial charge in [-0.1, -0.05) is 12.1 Å². The zero-order valence-electron chi connectivity index (χ0n) is 13.9. The van der Waals surface area contributed by atoms with E-state index in [2.05, 4.69) is 15.4 Å². The maximum absolute atomic E-state index is 12.5. The minimum Gasteiger partial charge on any atom is -0.348 e. The van der Waals surface area contributed by atoms with Crippen molar-refractivity contribution >= 4 is 17.2 Å². The predicted molar refractivity (Wildman–Crippen MR) is 102 cm³/mol. The van der Waals surface area contributed by atoms with E-state index in [0.717, 1.165) is 21.8 Å². The maximum Gasteiger partial charge on any atom is 0.251 e. The standard InChI is InChI=1S/C20H16N4OS/c25-20(16-4-1-5-17(13-16)24-10-3-8-23-24)22-14-15-7-9-21-18(12-15)19-6-2-11-26-19/h1-13H,14H2,(H,22,25). The lowest BCUT2D eigenvalue weighted by molar-refractivity contribution is 0.0951. The second-order valence-corrected chi connectivity index (χ2v) is 6.66. The molecule has 0 bridgehead atoms. The van der Waals surface area contributed by atoms with E-state index >= 15 is 0 Å². The highest BCUT2D eigenvalue weighted by Gasteiger charge is 2.08. The lowest BCUT2D eigenvalue weighted by atomic mass is 10.1. The van der Waals surface area contributed by atoms with E-state index in [0.29, 0.717) is 12.1 Å². The molecule has 1 amide bonds. The van der Waals surface area contributed by atoms with Crippen molar-refractivity contribution < 1.29 is 4.79 Å². The number of benzene rings is 1. The van der Waals surface area contributed by atoms with Gasteiger partial charge in [0, 0.05) is 30.7 Å². The van der Waals surface area contributed by atoms with Gasteiger partial charge < -0.3 is 5.32 Å². The molecule has 128 valence electrons. The van der Waals surface area contributed by atoms with E-state index in [4.69, 9.17) is 0 Å². The molecule has 0 radical (unpaired) electrons. The number of hydrogen-bond donors (Lipinski definition) is 1. The molecule has 0 aliphatic rings. The van der Waals surface area contributed by atoms with E-state index < -0.39 is 0 Å². The number of carbonyl (C=O) groups is 1. The molecule has 4 aromatic rings. The molecule has 3 aromatic heterocycles. The molecule has 0 atom stereocenters. The number of rotatable bonds is 5. The Balaban J connectivity index is 1.46. The van der Waals surface area contributed by atoms with Gasteiger partial charge in [0.2, 0.25) is 0 Å². The SMILES string of the molecule is O=C(NCc1ccnc(-c2cccs2)c1)c1cccc(-n2cccn2)c1. The minimum atomic E-state index is -0.117. The van der Waals surface area contributed by atoms with Gasteiger partial charge in [0.05, 0.1) is 16.3 Å². The fourth-order valence-corrected chi connectivity index (χ4v) is 3.33. The van der Waals surface area contributed by atoms with Crippen LogP contribution < -0.4 is 5.32 Å². The summed E-state index contributed by atoms with van der Waals surface area (Å²) in [5, 5.41) is 9.19. The van der Waals surface area contributed by atoms with Crippen molar-refractivity contribution in [2.45, 2.75) is 6.54 Å². The molecule has 3 heterocycles. The van der Waals surface area contributed by atoms with Crippen molar-refractivity contribution in [1.29, 1.82) is 0 Å². The Morgan fingerprint density at radius 2 is 2.04 bits per heavy atom. The van der Waals surface area contributed by atoms with Crippen LogP contribution in [0, 0.1) is 0 Å². The van der Waals surface area contributed by atoms with E-state index in [1.54, 1.807) is 34.5 Å². The molecular weight excluding hydrogens is 344 g/mol. The fraction of sp³-hybridized carbons (Fsp3) is 0.0500. The monoisotopic (exact) mass is 360 g/mol. The number of thiophene rings is 1. The predicted octanol–water partition coefficient (Wildman–Crippen LogP) is 3.93. The molecule has 0 saturated carbocycles.